The van der Waals surface area contributed by atoms with Gasteiger partial charge in [-0.2, -0.15) is 0 Å². The summed E-state index contributed by atoms with van der Waals surface area (Å²) in [5, 5.41) is 8.25. The number of rotatable bonds is 3. The van der Waals surface area contributed by atoms with Crippen LogP contribution in [-0.2, 0) is 9.53 Å². The zero-order chi connectivity index (χ0) is 7.28. The first-order valence-electron chi connectivity index (χ1n) is 2.97. The molecule has 0 aromatic heterocycles. The Bertz CT molecular complexity index is 88.3. The third kappa shape index (κ3) is 5.30. The Balaban J connectivity index is 3.27. The Labute approximate surface area is 54.6 Å². The number of esters is 1. The number of aliphatic hydroxyl groups excluding tert-OH is 1. The van der Waals surface area contributed by atoms with Gasteiger partial charge in [-0.25, -0.2) is 0 Å². The minimum atomic E-state index is -0.340. The second-order valence-electron chi connectivity index (χ2n) is 2.01. The Hall–Kier alpha value is -0.570. The average Bonchev–Trinajstić information content (AvgIpc) is 1.63. The molecule has 0 unspecified atom stereocenters. The van der Waals surface area contributed by atoms with Gasteiger partial charge in [-0.15, -0.1) is 0 Å². The van der Waals surface area contributed by atoms with Crippen molar-refractivity contribution >= 4 is 5.97 Å². The standard InChI is InChI=1S/C6H12O3/c1-5(2)9-6(8)3-4-7/h5,7H,3-4H2,1-2H3. The van der Waals surface area contributed by atoms with Gasteiger partial charge in [0.15, 0.2) is 0 Å². The van der Waals surface area contributed by atoms with Gasteiger partial charge < -0.3 is 9.84 Å². The molecule has 0 spiro atoms. The summed E-state index contributed by atoms with van der Waals surface area (Å²) in [6.07, 6.45) is 0.0158. The maximum Gasteiger partial charge on any atom is 0.308 e. The number of aliphatic hydroxyl groups is 1. The lowest BCUT2D eigenvalue weighted by Gasteiger charge is -2.05. The molecule has 0 aromatic carbocycles. The van der Waals surface area contributed by atoms with E-state index in [2.05, 4.69) is 0 Å². The molecule has 0 aliphatic carbocycles. The van der Waals surface area contributed by atoms with Gasteiger partial charge >= 0.3 is 5.97 Å². The van der Waals surface area contributed by atoms with Gasteiger partial charge in [0.2, 0.25) is 0 Å². The fraction of sp³-hybridized carbons (Fsp3) is 0.833. The highest BCUT2D eigenvalue weighted by molar-refractivity contribution is 5.69. The minimum Gasteiger partial charge on any atom is -0.463 e. The predicted octanol–water partition coefficient (Wildman–Crippen LogP) is 0.320. The summed E-state index contributed by atoms with van der Waals surface area (Å²) in [6.45, 7) is 3.41. The molecule has 9 heavy (non-hydrogen) atoms. The fourth-order valence-electron chi connectivity index (χ4n) is 0.413. The maximum absolute atomic E-state index is 10.5. The molecule has 0 aromatic rings. The molecule has 0 heterocycles. The van der Waals surface area contributed by atoms with E-state index in [1.54, 1.807) is 13.8 Å². The van der Waals surface area contributed by atoms with Gasteiger partial charge in [-0.1, -0.05) is 0 Å². The minimum absolute atomic E-state index is 0.0796. The molecule has 0 bridgehead atoms. The lowest BCUT2D eigenvalue weighted by atomic mass is 10.4. The second-order valence-corrected chi connectivity index (χ2v) is 2.01. The Kier molecular flexibility index (Phi) is 4.05. The van der Waals surface area contributed by atoms with Crippen LogP contribution in [0.1, 0.15) is 20.3 Å². The van der Waals surface area contributed by atoms with Crippen LogP contribution in [-0.4, -0.2) is 23.8 Å². The molecule has 54 valence electrons. The van der Waals surface area contributed by atoms with Crippen molar-refractivity contribution in [3.63, 3.8) is 0 Å². The van der Waals surface area contributed by atoms with Gasteiger partial charge in [-0.05, 0) is 13.8 Å². The predicted molar refractivity (Wildman–Crippen MR) is 32.9 cm³/mol. The smallest absolute Gasteiger partial charge is 0.308 e. The summed E-state index contributed by atoms with van der Waals surface area (Å²) < 4.78 is 4.69. The summed E-state index contributed by atoms with van der Waals surface area (Å²) in [5.41, 5.74) is 0. The molecule has 1 N–H and O–H groups in total. The van der Waals surface area contributed by atoms with Crippen LogP contribution in [0, 0.1) is 0 Å². The van der Waals surface area contributed by atoms with E-state index < -0.39 is 0 Å². The second kappa shape index (κ2) is 4.32. The largest absolute Gasteiger partial charge is 0.463 e. The van der Waals surface area contributed by atoms with Crippen molar-refractivity contribution in [2.24, 2.45) is 0 Å². The van der Waals surface area contributed by atoms with Gasteiger partial charge in [-0.3, -0.25) is 4.79 Å². The highest BCUT2D eigenvalue weighted by Crippen LogP contribution is 1.91. The van der Waals surface area contributed by atoms with Gasteiger partial charge in [0.25, 0.3) is 0 Å². The number of hydrogen-bond acceptors (Lipinski definition) is 3. The van der Waals surface area contributed by atoms with E-state index in [1.807, 2.05) is 0 Å². The van der Waals surface area contributed by atoms with Crippen molar-refractivity contribution in [3.05, 3.63) is 0 Å². The lowest BCUT2D eigenvalue weighted by molar-refractivity contribution is -0.148. The molecular formula is C6H12O3. The summed E-state index contributed by atoms with van der Waals surface area (Å²) in [5.74, 6) is -0.340. The van der Waals surface area contributed by atoms with Crippen molar-refractivity contribution in [1.29, 1.82) is 0 Å². The first-order chi connectivity index (χ1) is 4.16. The summed E-state index contributed by atoms with van der Waals surface area (Å²) in [6, 6.07) is 0. The third-order valence-corrected chi connectivity index (χ3v) is 0.683. The Morgan fingerprint density at radius 1 is 1.67 bits per heavy atom. The number of carbonyl (C=O) groups excluding carboxylic acids is 1. The molecule has 0 aliphatic rings. The first-order valence-corrected chi connectivity index (χ1v) is 2.97. The average molecular weight is 132 g/mol. The molecule has 0 aliphatic heterocycles. The number of hydrogen-bond donors (Lipinski definition) is 1. The van der Waals surface area contributed by atoms with Crippen LogP contribution in [0.3, 0.4) is 0 Å². The van der Waals surface area contributed by atoms with Gasteiger partial charge in [0.1, 0.15) is 0 Å². The summed E-state index contributed by atoms with van der Waals surface area (Å²) in [7, 11) is 0. The molecule has 0 amide bonds. The van der Waals surface area contributed by atoms with Crippen LogP contribution in [0.25, 0.3) is 0 Å². The van der Waals surface area contributed by atoms with Crippen LogP contribution < -0.4 is 0 Å². The van der Waals surface area contributed by atoms with E-state index in [0.29, 0.717) is 0 Å². The monoisotopic (exact) mass is 132 g/mol. The lowest BCUT2D eigenvalue weighted by Crippen LogP contribution is -2.12. The topological polar surface area (TPSA) is 46.5 Å². The summed E-state index contributed by atoms with van der Waals surface area (Å²) >= 11 is 0. The van der Waals surface area contributed by atoms with Crippen LogP contribution in [0.2, 0.25) is 0 Å². The maximum atomic E-state index is 10.5. The van der Waals surface area contributed by atoms with Gasteiger partial charge in [0, 0.05) is 0 Å². The van der Waals surface area contributed by atoms with Crippen molar-refractivity contribution in [1.82, 2.24) is 0 Å². The van der Waals surface area contributed by atoms with Crippen molar-refractivity contribution in [2.75, 3.05) is 6.61 Å². The van der Waals surface area contributed by atoms with Crippen molar-refractivity contribution < 1.29 is 14.6 Å². The zero-order valence-corrected chi connectivity index (χ0v) is 5.76. The molecule has 0 rings (SSSR count). The highest BCUT2D eigenvalue weighted by Gasteiger charge is 2.02. The van der Waals surface area contributed by atoms with Crippen LogP contribution >= 0.6 is 0 Å². The first kappa shape index (κ1) is 8.43. The third-order valence-electron chi connectivity index (χ3n) is 0.683. The molecule has 0 fully saturated rings. The fourth-order valence-corrected chi connectivity index (χ4v) is 0.413. The normalized spacial score (nSPS) is 9.78. The Morgan fingerprint density at radius 2 is 2.22 bits per heavy atom. The van der Waals surface area contributed by atoms with Crippen LogP contribution in [0.5, 0.6) is 0 Å². The molecule has 3 nitrogen and oxygen atoms in total. The van der Waals surface area contributed by atoms with Crippen LogP contribution in [0.4, 0.5) is 0 Å². The van der Waals surface area contributed by atoms with Gasteiger partial charge in [0.05, 0.1) is 19.1 Å². The quantitative estimate of drug-likeness (QED) is 0.562. The van der Waals surface area contributed by atoms with E-state index in [1.165, 1.54) is 0 Å². The van der Waals surface area contributed by atoms with E-state index in [0.717, 1.165) is 0 Å². The van der Waals surface area contributed by atoms with E-state index in [9.17, 15) is 4.79 Å². The summed E-state index contributed by atoms with van der Waals surface area (Å²) in [4.78, 5) is 10.5. The van der Waals surface area contributed by atoms with E-state index >= 15 is 0 Å². The Morgan fingerprint density at radius 3 is 2.56 bits per heavy atom. The molecule has 0 atom stereocenters. The molecule has 0 radical (unpaired) electrons. The number of ether oxygens (including phenoxy) is 1. The SMILES string of the molecule is CC(C)OC(=O)CCO. The van der Waals surface area contributed by atoms with Crippen LogP contribution in [0.15, 0.2) is 0 Å². The molecule has 0 saturated heterocycles. The zero-order valence-electron chi connectivity index (χ0n) is 5.76. The van der Waals surface area contributed by atoms with Crippen molar-refractivity contribution in [2.45, 2.75) is 26.4 Å². The molecular weight excluding hydrogens is 120 g/mol. The number of carbonyl (C=O) groups is 1. The molecule has 0 saturated carbocycles. The molecule has 3 heteroatoms. The highest BCUT2D eigenvalue weighted by atomic mass is 16.5. The van der Waals surface area contributed by atoms with Crippen molar-refractivity contribution in [3.8, 4) is 0 Å². The van der Waals surface area contributed by atoms with E-state index in [-0.39, 0.29) is 25.1 Å². The van der Waals surface area contributed by atoms with E-state index in [4.69, 9.17) is 9.84 Å².